The molecule has 3 nitrogen and oxygen atoms in total. The Labute approximate surface area is 290 Å². The predicted molar refractivity (Wildman–Crippen MR) is 205 cm³/mol. The Kier molecular flexibility index (Phi) is 13.6. The molecule has 0 saturated heterocycles. The van der Waals surface area contributed by atoms with Crippen LogP contribution in [0.4, 0.5) is 0 Å². The van der Waals surface area contributed by atoms with Crippen LogP contribution in [0.3, 0.4) is 0 Å². The highest BCUT2D eigenvalue weighted by molar-refractivity contribution is 6.19. The number of hydrogen-bond acceptors (Lipinski definition) is 3. The van der Waals surface area contributed by atoms with E-state index in [1.165, 1.54) is 39.9 Å². The molecule has 0 aromatic heterocycles. The molecule has 4 rings (SSSR count). The first kappa shape index (κ1) is 42.2. The second-order valence-corrected chi connectivity index (χ2v) is 17.9. The van der Waals surface area contributed by atoms with Crippen molar-refractivity contribution < 1.29 is 14.3 Å². The van der Waals surface area contributed by atoms with E-state index in [-0.39, 0.29) is 28.1 Å². The van der Waals surface area contributed by atoms with Crippen molar-refractivity contribution in [3.63, 3.8) is 0 Å². The summed E-state index contributed by atoms with van der Waals surface area (Å²) >= 11 is 0. The van der Waals surface area contributed by atoms with Crippen LogP contribution in [0.5, 0.6) is 0 Å². The maximum atomic E-state index is 11.1. The topological polar surface area (TPSA) is 35.5 Å². The van der Waals surface area contributed by atoms with Gasteiger partial charge in [-0.1, -0.05) is 133 Å². The summed E-state index contributed by atoms with van der Waals surface area (Å²) in [7, 11) is 0. The van der Waals surface area contributed by atoms with E-state index in [0.29, 0.717) is 16.9 Å². The minimum atomic E-state index is 0.0784. The van der Waals surface area contributed by atoms with Gasteiger partial charge in [0.15, 0.2) is 5.78 Å². The van der Waals surface area contributed by atoms with Gasteiger partial charge in [0, 0.05) is 17.6 Å². The van der Waals surface area contributed by atoms with Crippen LogP contribution < -0.4 is 0 Å². The molecule has 2 atom stereocenters. The van der Waals surface area contributed by atoms with E-state index in [4.69, 9.17) is 9.47 Å². The highest BCUT2D eigenvalue weighted by Crippen LogP contribution is 2.45. The molecule has 2 aliphatic carbocycles. The van der Waals surface area contributed by atoms with Crippen LogP contribution in [0.1, 0.15) is 137 Å². The van der Waals surface area contributed by atoms with Crippen molar-refractivity contribution in [1.29, 1.82) is 0 Å². The smallest absolute Gasteiger partial charge is 0.188 e. The Balaban J connectivity index is 0.000000314. The molecule has 0 radical (unpaired) electrons. The Morgan fingerprint density at radius 2 is 1.11 bits per heavy atom. The number of carbonyl (C=O) groups excluding carboxylic acids is 1. The van der Waals surface area contributed by atoms with E-state index in [0.717, 1.165) is 35.7 Å². The van der Waals surface area contributed by atoms with Crippen LogP contribution in [-0.2, 0) is 14.3 Å². The van der Waals surface area contributed by atoms with E-state index in [9.17, 15) is 4.79 Å². The fraction of sp³-hybridized carbons (Fsp3) is 0.614. The van der Waals surface area contributed by atoms with E-state index in [2.05, 4.69) is 144 Å². The third kappa shape index (κ3) is 10.6. The summed E-state index contributed by atoms with van der Waals surface area (Å²) in [5, 5.41) is 0. The van der Waals surface area contributed by atoms with Gasteiger partial charge in [0.05, 0.1) is 6.61 Å². The molecule has 2 heterocycles. The summed E-state index contributed by atoms with van der Waals surface area (Å²) in [5.74, 6) is 2.53. The molecule has 264 valence electrons. The molecule has 2 unspecified atom stereocenters. The molecule has 3 heteroatoms. The third-order valence-corrected chi connectivity index (χ3v) is 9.59. The van der Waals surface area contributed by atoms with Gasteiger partial charge in [-0.05, 0) is 96.5 Å². The van der Waals surface area contributed by atoms with E-state index in [1.54, 1.807) is 5.57 Å². The monoisotopic (exact) mass is 647 g/mol. The highest BCUT2D eigenvalue weighted by Gasteiger charge is 2.35. The van der Waals surface area contributed by atoms with Gasteiger partial charge in [-0.2, -0.15) is 0 Å². The van der Waals surface area contributed by atoms with Gasteiger partial charge in [0.25, 0.3) is 0 Å². The second kappa shape index (κ2) is 15.2. The average Bonchev–Trinajstić information content (AvgIpc) is 3.30. The molecule has 0 saturated carbocycles. The van der Waals surface area contributed by atoms with Gasteiger partial charge in [-0.15, -0.1) is 0 Å². The number of ketones is 1. The maximum Gasteiger partial charge on any atom is 0.188 e. The Hall–Kier alpha value is -2.81. The van der Waals surface area contributed by atoms with Crippen molar-refractivity contribution in [3.8, 4) is 0 Å². The summed E-state index contributed by atoms with van der Waals surface area (Å²) in [6.45, 7) is 55.6. The summed E-state index contributed by atoms with van der Waals surface area (Å²) in [6.07, 6.45) is 2.42. The molecular weight excluding hydrogens is 576 g/mol. The van der Waals surface area contributed by atoms with Crippen molar-refractivity contribution in [2.24, 2.45) is 27.6 Å². The predicted octanol–water partition coefficient (Wildman–Crippen LogP) is 13.0. The molecule has 0 bridgehead atoms. The zero-order valence-electron chi connectivity index (χ0n) is 33.8. The molecule has 0 spiro atoms. The number of Topliss-reactive ketones (excluding diaryl/α,β-unsaturated/α-hetero) is 1. The van der Waals surface area contributed by atoms with Gasteiger partial charge >= 0.3 is 0 Å². The molecule has 0 aromatic rings. The Bertz CT molecular complexity index is 1350. The van der Waals surface area contributed by atoms with Gasteiger partial charge < -0.3 is 9.47 Å². The lowest BCUT2D eigenvalue weighted by Crippen LogP contribution is -2.28. The summed E-state index contributed by atoms with van der Waals surface area (Å²) in [4.78, 5) is 11.1. The molecule has 2 aliphatic heterocycles. The summed E-state index contributed by atoms with van der Waals surface area (Å²) in [5.41, 5.74) is 13.3. The third-order valence-electron chi connectivity index (χ3n) is 9.59. The van der Waals surface area contributed by atoms with Crippen molar-refractivity contribution in [2.75, 3.05) is 6.61 Å². The zero-order chi connectivity index (χ0) is 37.2. The molecule has 0 fully saturated rings. The van der Waals surface area contributed by atoms with Crippen LogP contribution in [-0.4, -0.2) is 18.5 Å². The van der Waals surface area contributed by atoms with E-state index >= 15 is 0 Å². The van der Waals surface area contributed by atoms with Gasteiger partial charge in [0.1, 0.15) is 17.6 Å². The lowest BCUT2D eigenvalue weighted by Gasteiger charge is -2.33. The average molecular weight is 647 g/mol. The van der Waals surface area contributed by atoms with Gasteiger partial charge in [-0.25, -0.2) is 0 Å². The number of hydrogen-bond donors (Lipinski definition) is 0. The van der Waals surface area contributed by atoms with Crippen molar-refractivity contribution in [2.45, 2.75) is 144 Å². The van der Waals surface area contributed by atoms with Crippen LogP contribution in [0.25, 0.3) is 0 Å². The van der Waals surface area contributed by atoms with Gasteiger partial charge in [0.2, 0.25) is 0 Å². The fourth-order valence-electron chi connectivity index (χ4n) is 7.78. The number of ether oxygens (including phenoxy) is 2. The van der Waals surface area contributed by atoms with Crippen LogP contribution >= 0.6 is 0 Å². The molecule has 0 amide bonds. The lowest BCUT2D eigenvalue weighted by atomic mass is 9.70. The quantitative estimate of drug-likeness (QED) is 0.246. The number of allylic oxidation sites excluding steroid dienone is 8. The molecule has 0 aromatic carbocycles. The summed E-state index contributed by atoms with van der Waals surface area (Å²) in [6, 6.07) is 0. The van der Waals surface area contributed by atoms with Gasteiger partial charge in [-0.3, -0.25) is 4.79 Å². The lowest BCUT2D eigenvalue weighted by molar-refractivity contribution is -0.113. The normalized spacial score (nSPS) is 22.2. The standard InChI is InChI=1S/C12H20.2C11H18O.C10H14O/c1-8-7-9(2)11(10(8)3)12(4,5)6;1-8-9(2)12-7-6-10(8)11(3,4)5;1-7-8(2)12-9(3)10(7)11(4,5)6;1-6-8(10(3,4)5)7(2)9(6)11/h9H,1,7H2,2-6H3;2,6-7H2,1,3-5H3;9H,2H2,1,3-6H3;1H2,2-5H3. The largest absolute Gasteiger partial charge is 0.494 e. The SMILES string of the molecule is C=C1C(=O)C(C)=C1C(C)(C)C.C=C1CC(C)C(C(C)(C)C)=C1C.C=C1OC(C)C(C(C)(C)C)=C1C.C=C1OCCC(C(C)(C)C)=C1C. The first-order chi connectivity index (χ1) is 21.0. The van der Waals surface area contributed by atoms with Crippen LogP contribution in [0.15, 0.2) is 93.6 Å². The van der Waals surface area contributed by atoms with Crippen LogP contribution in [0, 0.1) is 27.6 Å². The highest BCUT2D eigenvalue weighted by atomic mass is 16.5. The number of rotatable bonds is 0. The molecular formula is C44H70O3. The number of carbonyl (C=O) groups is 1. The Morgan fingerprint density at radius 1 is 0.617 bits per heavy atom. The van der Waals surface area contributed by atoms with Crippen molar-refractivity contribution in [3.05, 3.63) is 93.6 Å². The van der Waals surface area contributed by atoms with Crippen molar-refractivity contribution in [1.82, 2.24) is 0 Å². The fourth-order valence-corrected chi connectivity index (χ4v) is 7.78. The first-order valence-electron chi connectivity index (χ1n) is 17.4. The minimum absolute atomic E-state index is 0.0784. The Morgan fingerprint density at radius 3 is 1.34 bits per heavy atom. The summed E-state index contributed by atoms with van der Waals surface area (Å²) < 4.78 is 10.9. The van der Waals surface area contributed by atoms with Crippen LogP contribution in [0.2, 0.25) is 0 Å². The van der Waals surface area contributed by atoms with E-state index in [1.807, 2.05) is 6.92 Å². The molecule has 0 N–H and O–H groups in total. The maximum absolute atomic E-state index is 11.1. The zero-order valence-corrected chi connectivity index (χ0v) is 33.8. The van der Waals surface area contributed by atoms with Crippen molar-refractivity contribution >= 4 is 5.78 Å². The first-order valence-corrected chi connectivity index (χ1v) is 17.4. The minimum Gasteiger partial charge on any atom is -0.494 e. The molecule has 47 heavy (non-hydrogen) atoms. The molecule has 4 aliphatic rings. The van der Waals surface area contributed by atoms with E-state index < -0.39 is 0 Å². The second-order valence-electron chi connectivity index (χ2n) is 17.9.